The fraction of sp³-hybridized carbons (Fsp3) is 0.200. The maximum atomic E-state index is 6.12. The van der Waals surface area contributed by atoms with Crippen molar-refractivity contribution in [1.29, 1.82) is 0 Å². The Kier molecular flexibility index (Phi) is 7.74. The summed E-state index contributed by atoms with van der Waals surface area (Å²) in [6.45, 7) is 8.60. The van der Waals surface area contributed by atoms with E-state index < -0.39 is 0 Å². The first-order chi connectivity index (χ1) is 18.9. The molecule has 1 aromatic heterocycles. The van der Waals surface area contributed by atoms with E-state index in [1.54, 1.807) is 6.33 Å². The van der Waals surface area contributed by atoms with Gasteiger partial charge in [0.05, 0.1) is 0 Å². The highest BCUT2D eigenvalue weighted by molar-refractivity contribution is 5.44. The molecule has 39 heavy (non-hydrogen) atoms. The highest BCUT2D eigenvalue weighted by Crippen LogP contribution is 2.34. The van der Waals surface area contributed by atoms with Crippen molar-refractivity contribution in [2.45, 2.75) is 46.0 Å². The summed E-state index contributed by atoms with van der Waals surface area (Å²) < 4.78 is 12.2. The van der Waals surface area contributed by atoms with Crippen LogP contribution in [-0.2, 0) is 18.3 Å². The number of benzene rings is 4. The van der Waals surface area contributed by atoms with E-state index in [9.17, 15) is 0 Å². The number of aryl methyl sites for hydroxylation is 2. The van der Waals surface area contributed by atoms with Crippen molar-refractivity contribution >= 4 is 0 Å². The van der Waals surface area contributed by atoms with Gasteiger partial charge < -0.3 is 9.47 Å². The Morgan fingerprint density at radius 2 is 1.03 bits per heavy atom. The molecule has 0 atom stereocenters. The van der Waals surface area contributed by atoms with Crippen LogP contribution in [0.3, 0.4) is 0 Å². The summed E-state index contributed by atoms with van der Waals surface area (Å²) in [7, 11) is 0. The van der Waals surface area contributed by atoms with Crippen molar-refractivity contribution in [1.82, 2.24) is 9.97 Å². The Morgan fingerprint density at radius 3 is 1.46 bits per heavy atom. The van der Waals surface area contributed by atoms with Crippen LogP contribution in [0.15, 0.2) is 109 Å². The van der Waals surface area contributed by atoms with Crippen LogP contribution >= 0.6 is 0 Å². The van der Waals surface area contributed by atoms with Gasteiger partial charge in [-0.3, -0.25) is 0 Å². The van der Waals surface area contributed by atoms with Gasteiger partial charge in [0, 0.05) is 23.2 Å². The second kappa shape index (κ2) is 11.5. The van der Waals surface area contributed by atoms with Gasteiger partial charge in [0.1, 0.15) is 29.3 Å². The van der Waals surface area contributed by atoms with Gasteiger partial charge in [0.25, 0.3) is 0 Å². The quantitative estimate of drug-likeness (QED) is 0.197. The van der Waals surface area contributed by atoms with Crippen LogP contribution in [0, 0.1) is 6.92 Å². The summed E-state index contributed by atoms with van der Waals surface area (Å²) >= 11 is 0. The summed E-state index contributed by atoms with van der Waals surface area (Å²) in [5.41, 5.74) is 6.75. The fourth-order valence-electron chi connectivity index (χ4n) is 4.60. The summed E-state index contributed by atoms with van der Waals surface area (Å²) in [4.78, 5) is 8.52. The van der Waals surface area contributed by atoms with E-state index in [-0.39, 0.29) is 5.41 Å². The third kappa shape index (κ3) is 6.53. The lowest BCUT2D eigenvalue weighted by Crippen LogP contribution is -2.18. The molecule has 4 nitrogen and oxygen atoms in total. The molecule has 0 bridgehead atoms. The van der Waals surface area contributed by atoms with Gasteiger partial charge in [0.15, 0.2) is 0 Å². The number of ether oxygens (including phenoxy) is 2. The lowest BCUT2D eigenvalue weighted by atomic mass is 9.78. The van der Waals surface area contributed by atoms with E-state index in [2.05, 4.69) is 79.3 Å². The van der Waals surface area contributed by atoms with Crippen molar-refractivity contribution in [3.05, 3.63) is 143 Å². The Hall–Kier alpha value is -4.44. The summed E-state index contributed by atoms with van der Waals surface area (Å²) in [5, 5.41) is 0. The molecule has 5 aromatic rings. The molecule has 0 aliphatic rings. The maximum absolute atomic E-state index is 6.12. The van der Waals surface area contributed by atoms with Crippen molar-refractivity contribution < 1.29 is 9.47 Å². The SMILES string of the molecule is CCc1ccc(Oc2ccc(C(C)(C)c3ccc(Oc4ccc(Cc5cc(C)ncn5)cc4)cc3)cc2)cc1. The molecule has 0 saturated heterocycles. The second-order valence-electron chi connectivity index (χ2n) is 10.3. The smallest absolute Gasteiger partial charge is 0.127 e. The molecule has 4 heteroatoms. The molecular formula is C35H34N2O2. The van der Waals surface area contributed by atoms with Crippen molar-refractivity contribution in [2.75, 3.05) is 0 Å². The zero-order chi connectivity index (χ0) is 27.2. The molecule has 0 amide bonds. The molecule has 1 heterocycles. The molecule has 0 radical (unpaired) electrons. The topological polar surface area (TPSA) is 44.2 Å². The molecule has 196 valence electrons. The maximum Gasteiger partial charge on any atom is 0.127 e. The predicted molar refractivity (Wildman–Crippen MR) is 157 cm³/mol. The van der Waals surface area contributed by atoms with Crippen molar-refractivity contribution in [3.63, 3.8) is 0 Å². The molecular weight excluding hydrogens is 480 g/mol. The molecule has 0 fully saturated rings. The van der Waals surface area contributed by atoms with Crippen LogP contribution < -0.4 is 9.47 Å². The van der Waals surface area contributed by atoms with E-state index in [1.807, 2.05) is 61.5 Å². The first-order valence-corrected chi connectivity index (χ1v) is 13.4. The summed E-state index contributed by atoms with van der Waals surface area (Å²) in [6.07, 6.45) is 3.41. The van der Waals surface area contributed by atoms with E-state index in [0.29, 0.717) is 0 Å². The van der Waals surface area contributed by atoms with Crippen molar-refractivity contribution in [2.24, 2.45) is 0 Å². The van der Waals surface area contributed by atoms with Crippen LogP contribution in [0.5, 0.6) is 23.0 Å². The Labute approximate surface area is 231 Å². The molecule has 0 saturated carbocycles. The number of hydrogen-bond acceptors (Lipinski definition) is 4. The lowest BCUT2D eigenvalue weighted by molar-refractivity contribution is 0.481. The average Bonchev–Trinajstić information content (AvgIpc) is 2.95. The van der Waals surface area contributed by atoms with Gasteiger partial charge in [0.2, 0.25) is 0 Å². The first kappa shape index (κ1) is 26.2. The number of aromatic nitrogens is 2. The lowest BCUT2D eigenvalue weighted by Gasteiger charge is -2.26. The molecule has 0 aliphatic heterocycles. The predicted octanol–water partition coefficient (Wildman–Crippen LogP) is 8.85. The van der Waals surface area contributed by atoms with Crippen LogP contribution in [-0.4, -0.2) is 9.97 Å². The average molecular weight is 515 g/mol. The van der Waals surface area contributed by atoms with E-state index in [4.69, 9.17) is 9.47 Å². The highest BCUT2D eigenvalue weighted by atomic mass is 16.5. The highest BCUT2D eigenvalue weighted by Gasteiger charge is 2.23. The first-order valence-electron chi connectivity index (χ1n) is 13.4. The van der Waals surface area contributed by atoms with Crippen molar-refractivity contribution in [3.8, 4) is 23.0 Å². The monoisotopic (exact) mass is 514 g/mol. The van der Waals surface area contributed by atoms with Gasteiger partial charge >= 0.3 is 0 Å². The van der Waals surface area contributed by atoms with Gasteiger partial charge in [-0.15, -0.1) is 0 Å². The fourth-order valence-corrected chi connectivity index (χ4v) is 4.60. The molecule has 0 unspecified atom stereocenters. The Bertz CT molecular complexity index is 1510. The van der Waals surface area contributed by atoms with Crippen LogP contribution in [0.1, 0.15) is 54.4 Å². The van der Waals surface area contributed by atoms with Crippen LogP contribution in [0.2, 0.25) is 0 Å². The van der Waals surface area contributed by atoms with Gasteiger partial charge in [-0.2, -0.15) is 0 Å². The standard InChI is InChI=1S/C35H34N2O2/c1-5-26-6-14-31(15-7-26)38-33-18-10-28(11-19-33)35(3,4)29-12-20-34(21-13-29)39-32-16-8-27(9-17-32)23-30-22-25(2)36-24-37-30/h6-22,24H,5,23H2,1-4H3. The third-order valence-electron chi connectivity index (χ3n) is 7.12. The minimum atomic E-state index is -0.166. The third-order valence-corrected chi connectivity index (χ3v) is 7.12. The number of rotatable bonds is 9. The summed E-state index contributed by atoms with van der Waals surface area (Å²) in [5.74, 6) is 3.31. The van der Waals surface area contributed by atoms with E-state index >= 15 is 0 Å². The number of hydrogen-bond donors (Lipinski definition) is 0. The minimum absolute atomic E-state index is 0.166. The second-order valence-corrected chi connectivity index (χ2v) is 10.3. The Balaban J connectivity index is 1.21. The molecule has 0 N–H and O–H groups in total. The van der Waals surface area contributed by atoms with Crippen LogP contribution in [0.4, 0.5) is 0 Å². The van der Waals surface area contributed by atoms with E-state index in [0.717, 1.165) is 47.2 Å². The largest absolute Gasteiger partial charge is 0.457 e. The van der Waals surface area contributed by atoms with Gasteiger partial charge in [-0.1, -0.05) is 69.3 Å². The summed E-state index contributed by atoms with van der Waals surface area (Å²) in [6, 6.07) is 35.2. The molecule has 5 rings (SSSR count). The zero-order valence-electron chi connectivity index (χ0n) is 23.0. The molecule has 0 aliphatic carbocycles. The Morgan fingerprint density at radius 1 is 0.590 bits per heavy atom. The van der Waals surface area contributed by atoms with Crippen LogP contribution in [0.25, 0.3) is 0 Å². The zero-order valence-corrected chi connectivity index (χ0v) is 23.0. The van der Waals surface area contributed by atoms with E-state index in [1.165, 1.54) is 22.3 Å². The molecule has 4 aromatic carbocycles. The number of nitrogens with zero attached hydrogens (tertiary/aromatic N) is 2. The van der Waals surface area contributed by atoms with Gasteiger partial charge in [-0.05, 0) is 90.2 Å². The minimum Gasteiger partial charge on any atom is -0.457 e. The van der Waals surface area contributed by atoms with Gasteiger partial charge in [-0.25, -0.2) is 9.97 Å². The molecule has 0 spiro atoms. The normalized spacial score (nSPS) is 11.3.